The van der Waals surface area contributed by atoms with Gasteiger partial charge in [0.15, 0.2) is 0 Å². The Hall–Kier alpha value is -0.820. The van der Waals surface area contributed by atoms with Crippen LogP contribution in [0.2, 0.25) is 0 Å². The number of hydrogen-bond acceptors (Lipinski definition) is 1. The van der Waals surface area contributed by atoms with E-state index in [0.717, 1.165) is 18.5 Å². The molecule has 1 aromatic carbocycles. The smallest absolute Gasteiger partial charge is 0.00677 e. The molecule has 1 aliphatic rings. The zero-order valence-electron chi connectivity index (χ0n) is 12.1. The fraction of sp³-hybridized carbons (Fsp3) is 0.647. The third-order valence-electron chi connectivity index (χ3n) is 3.92. The third kappa shape index (κ3) is 4.13. The van der Waals surface area contributed by atoms with E-state index in [0.29, 0.717) is 5.41 Å². The number of rotatable bonds is 3. The van der Waals surface area contributed by atoms with E-state index in [-0.39, 0.29) is 0 Å². The fourth-order valence-corrected chi connectivity index (χ4v) is 2.81. The van der Waals surface area contributed by atoms with Crippen molar-refractivity contribution in [3.05, 3.63) is 35.9 Å². The highest BCUT2D eigenvalue weighted by atomic mass is 14.9. The Kier molecular flexibility index (Phi) is 4.45. The van der Waals surface area contributed by atoms with E-state index in [1.807, 2.05) is 0 Å². The predicted molar refractivity (Wildman–Crippen MR) is 78.9 cm³/mol. The standard InChI is InChI=1S/C17H27N/c1-17(2,3)13-18-16-11-9-15(10-12-16)14-7-5-4-6-8-14/h4-8,15-16,18H,9-13H2,1-3H3/t15-,16-. The van der Waals surface area contributed by atoms with Crippen LogP contribution in [0.15, 0.2) is 30.3 Å². The van der Waals surface area contributed by atoms with Crippen molar-refractivity contribution in [1.82, 2.24) is 5.32 Å². The van der Waals surface area contributed by atoms with Crippen LogP contribution in [-0.2, 0) is 0 Å². The third-order valence-corrected chi connectivity index (χ3v) is 3.92. The molecule has 0 atom stereocenters. The van der Waals surface area contributed by atoms with E-state index < -0.39 is 0 Å². The lowest BCUT2D eigenvalue weighted by atomic mass is 9.81. The van der Waals surface area contributed by atoms with Crippen LogP contribution in [0.5, 0.6) is 0 Å². The molecule has 0 unspecified atom stereocenters. The molecule has 100 valence electrons. The Bertz CT molecular complexity index is 342. The molecule has 1 aromatic rings. The molecular formula is C17H27N. The van der Waals surface area contributed by atoms with Crippen molar-refractivity contribution in [1.29, 1.82) is 0 Å². The first-order chi connectivity index (χ1) is 8.54. The summed E-state index contributed by atoms with van der Waals surface area (Å²) in [4.78, 5) is 0. The Balaban J connectivity index is 1.78. The lowest BCUT2D eigenvalue weighted by Crippen LogP contribution is -2.38. The van der Waals surface area contributed by atoms with E-state index in [2.05, 4.69) is 56.4 Å². The number of nitrogens with one attached hydrogen (secondary N) is 1. The van der Waals surface area contributed by atoms with Crippen LogP contribution in [0.25, 0.3) is 0 Å². The van der Waals surface area contributed by atoms with Gasteiger partial charge in [-0.1, -0.05) is 51.1 Å². The molecule has 0 saturated heterocycles. The summed E-state index contributed by atoms with van der Waals surface area (Å²) in [6.45, 7) is 8.04. The lowest BCUT2D eigenvalue weighted by Gasteiger charge is -2.31. The number of benzene rings is 1. The molecular weight excluding hydrogens is 218 g/mol. The van der Waals surface area contributed by atoms with Crippen molar-refractivity contribution in [3.8, 4) is 0 Å². The largest absolute Gasteiger partial charge is 0.313 e. The quantitative estimate of drug-likeness (QED) is 0.835. The second-order valence-corrected chi connectivity index (χ2v) is 6.90. The van der Waals surface area contributed by atoms with E-state index in [1.54, 1.807) is 0 Å². The molecule has 1 fully saturated rings. The molecule has 1 heteroatoms. The highest BCUT2D eigenvalue weighted by Crippen LogP contribution is 2.32. The van der Waals surface area contributed by atoms with Crippen molar-refractivity contribution in [2.24, 2.45) is 5.41 Å². The molecule has 0 amide bonds. The highest BCUT2D eigenvalue weighted by molar-refractivity contribution is 5.20. The first-order valence-electron chi connectivity index (χ1n) is 7.33. The van der Waals surface area contributed by atoms with Gasteiger partial charge < -0.3 is 5.32 Å². The van der Waals surface area contributed by atoms with Crippen molar-refractivity contribution in [2.45, 2.75) is 58.4 Å². The maximum atomic E-state index is 3.73. The molecule has 1 nitrogen and oxygen atoms in total. The summed E-state index contributed by atoms with van der Waals surface area (Å²) in [5, 5.41) is 3.73. The minimum atomic E-state index is 0.399. The van der Waals surface area contributed by atoms with E-state index in [9.17, 15) is 0 Å². The van der Waals surface area contributed by atoms with Gasteiger partial charge in [-0.15, -0.1) is 0 Å². The first-order valence-corrected chi connectivity index (χ1v) is 7.33. The van der Waals surface area contributed by atoms with Gasteiger partial charge >= 0.3 is 0 Å². The van der Waals surface area contributed by atoms with Crippen LogP contribution < -0.4 is 5.32 Å². The maximum absolute atomic E-state index is 3.73. The van der Waals surface area contributed by atoms with Crippen LogP contribution >= 0.6 is 0 Å². The second kappa shape index (κ2) is 5.88. The Morgan fingerprint density at radius 3 is 2.17 bits per heavy atom. The summed E-state index contributed by atoms with van der Waals surface area (Å²) in [7, 11) is 0. The molecule has 1 N–H and O–H groups in total. The SMILES string of the molecule is CC(C)(C)CN[C@H]1CC[C@H](c2ccccc2)CC1. The summed E-state index contributed by atoms with van der Waals surface area (Å²) in [6.07, 6.45) is 5.34. The van der Waals surface area contributed by atoms with Crippen LogP contribution in [-0.4, -0.2) is 12.6 Å². The summed E-state index contributed by atoms with van der Waals surface area (Å²) in [5.74, 6) is 0.791. The lowest BCUT2D eigenvalue weighted by molar-refractivity contribution is 0.294. The molecule has 0 spiro atoms. The summed E-state index contributed by atoms with van der Waals surface area (Å²) >= 11 is 0. The Labute approximate surface area is 112 Å². The number of hydrogen-bond donors (Lipinski definition) is 1. The van der Waals surface area contributed by atoms with Crippen LogP contribution in [0.1, 0.15) is 57.9 Å². The highest BCUT2D eigenvalue weighted by Gasteiger charge is 2.23. The van der Waals surface area contributed by atoms with Crippen LogP contribution in [0.3, 0.4) is 0 Å². The van der Waals surface area contributed by atoms with Crippen LogP contribution in [0, 0.1) is 5.41 Å². The van der Waals surface area contributed by atoms with Gasteiger partial charge in [0.2, 0.25) is 0 Å². The molecule has 2 rings (SSSR count). The van der Waals surface area contributed by atoms with Gasteiger partial charge in [-0.05, 0) is 42.6 Å². The summed E-state index contributed by atoms with van der Waals surface area (Å²) in [6, 6.07) is 11.8. The van der Waals surface area contributed by atoms with Crippen molar-refractivity contribution in [3.63, 3.8) is 0 Å². The van der Waals surface area contributed by atoms with Gasteiger partial charge in [0.1, 0.15) is 0 Å². The molecule has 0 heterocycles. The van der Waals surface area contributed by atoms with Gasteiger partial charge in [0, 0.05) is 12.6 Å². The molecule has 0 radical (unpaired) electrons. The van der Waals surface area contributed by atoms with Gasteiger partial charge in [0.25, 0.3) is 0 Å². The van der Waals surface area contributed by atoms with Gasteiger partial charge in [-0.3, -0.25) is 0 Å². The van der Waals surface area contributed by atoms with E-state index in [1.165, 1.54) is 31.2 Å². The van der Waals surface area contributed by atoms with Crippen molar-refractivity contribution < 1.29 is 0 Å². The van der Waals surface area contributed by atoms with E-state index >= 15 is 0 Å². The van der Waals surface area contributed by atoms with Gasteiger partial charge in [-0.25, -0.2) is 0 Å². The maximum Gasteiger partial charge on any atom is 0.00677 e. The van der Waals surface area contributed by atoms with Gasteiger partial charge in [-0.2, -0.15) is 0 Å². The average Bonchev–Trinajstić information content (AvgIpc) is 2.37. The fourth-order valence-electron chi connectivity index (χ4n) is 2.81. The Morgan fingerprint density at radius 1 is 1.00 bits per heavy atom. The predicted octanol–water partition coefficient (Wildman–Crippen LogP) is 4.35. The molecule has 18 heavy (non-hydrogen) atoms. The zero-order valence-corrected chi connectivity index (χ0v) is 12.1. The average molecular weight is 245 g/mol. The topological polar surface area (TPSA) is 12.0 Å². The summed E-state index contributed by atoms with van der Waals surface area (Å²) < 4.78 is 0. The normalized spacial score (nSPS) is 25.1. The van der Waals surface area contributed by atoms with Crippen LogP contribution in [0.4, 0.5) is 0 Å². The van der Waals surface area contributed by atoms with E-state index in [4.69, 9.17) is 0 Å². The second-order valence-electron chi connectivity index (χ2n) is 6.90. The first kappa shape index (κ1) is 13.6. The van der Waals surface area contributed by atoms with Gasteiger partial charge in [0.05, 0.1) is 0 Å². The molecule has 0 aromatic heterocycles. The zero-order chi connectivity index (χ0) is 13.0. The Morgan fingerprint density at radius 2 is 1.61 bits per heavy atom. The minimum Gasteiger partial charge on any atom is -0.313 e. The molecule has 1 aliphatic carbocycles. The van der Waals surface area contributed by atoms with Crippen molar-refractivity contribution >= 4 is 0 Å². The van der Waals surface area contributed by atoms with Crippen molar-refractivity contribution in [2.75, 3.05) is 6.54 Å². The minimum absolute atomic E-state index is 0.399. The molecule has 1 saturated carbocycles. The monoisotopic (exact) mass is 245 g/mol. The molecule has 0 aliphatic heterocycles. The summed E-state index contributed by atoms with van der Waals surface area (Å²) in [5.41, 5.74) is 1.93. The molecule has 0 bridgehead atoms.